The number of H-pyrrole nitrogens is 1. The number of rotatable bonds is 4. The SMILES string of the molecule is Cc1cccc(-c2cc(C(=O)NCc3cc[nH+]cc3)c3ccccc3n2)c1. The van der Waals surface area contributed by atoms with Gasteiger partial charge in [-0.05, 0) is 30.7 Å². The van der Waals surface area contributed by atoms with Gasteiger partial charge >= 0.3 is 0 Å². The van der Waals surface area contributed by atoms with Crippen LogP contribution < -0.4 is 10.3 Å². The van der Waals surface area contributed by atoms with Crippen LogP contribution in [0.25, 0.3) is 22.2 Å². The van der Waals surface area contributed by atoms with E-state index >= 15 is 0 Å². The number of carbonyl (C=O) groups excluding carboxylic acids is 1. The lowest BCUT2D eigenvalue weighted by molar-refractivity contribution is -0.378. The van der Waals surface area contributed by atoms with Crippen molar-refractivity contribution in [3.05, 3.63) is 95.8 Å². The molecule has 2 aromatic heterocycles. The van der Waals surface area contributed by atoms with E-state index in [1.54, 1.807) is 0 Å². The van der Waals surface area contributed by atoms with E-state index in [-0.39, 0.29) is 5.91 Å². The van der Waals surface area contributed by atoms with Gasteiger partial charge in [-0.25, -0.2) is 9.97 Å². The van der Waals surface area contributed by atoms with Crippen molar-refractivity contribution in [1.29, 1.82) is 0 Å². The minimum atomic E-state index is -0.102. The van der Waals surface area contributed by atoms with Crippen LogP contribution in [0.2, 0.25) is 0 Å². The Morgan fingerprint density at radius 3 is 2.63 bits per heavy atom. The number of amides is 1. The molecule has 2 N–H and O–H groups in total. The van der Waals surface area contributed by atoms with E-state index in [1.165, 1.54) is 0 Å². The molecule has 0 saturated carbocycles. The molecular formula is C23H20N3O+. The van der Waals surface area contributed by atoms with Crippen molar-refractivity contribution >= 4 is 16.8 Å². The molecule has 0 aliphatic heterocycles. The summed E-state index contributed by atoms with van der Waals surface area (Å²) in [6.45, 7) is 2.53. The highest BCUT2D eigenvalue weighted by Gasteiger charge is 2.14. The normalized spacial score (nSPS) is 10.7. The third-order valence-corrected chi connectivity index (χ3v) is 4.51. The number of pyridine rings is 2. The van der Waals surface area contributed by atoms with Crippen molar-refractivity contribution < 1.29 is 9.78 Å². The number of aromatic amines is 1. The molecule has 4 rings (SSSR count). The van der Waals surface area contributed by atoms with E-state index < -0.39 is 0 Å². The number of para-hydroxylation sites is 1. The predicted molar refractivity (Wildman–Crippen MR) is 106 cm³/mol. The first-order valence-corrected chi connectivity index (χ1v) is 8.91. The largest absolute Gasteiger partial charge is 0.348 e. The first-order chi connectivity index (χ1) is 13.2. The number of benzene rings is 2. The topological polar surface area (TPSA) is 56.1 Å². The van der Waals surface area contributed by atoms with Gasteiger partial charge in [-0.2, -0.15) is 0 Å². The number of hydrogen-bond acceptors (Lipinski definition) is 2. The lowest BCUT2D eigenvalue weighted by atomic mass is 10.0. The summed E-state index contributed by atoms with van der Waals surface area (Å²) in [4.78, 5) is 20.7. The van der Waals surface area contributed by atoms with Crippen molar-refractivity contribution in [3.63, 3.8) is 0 Å². The fourth-order valence-electron chi connectivity index (χ4n) is 3.13. The number of nitrogens with one attached hydrogen (secondary N) is 2. The predicted octanol–water partition coefficient (Wildman–Crippen LogP) is 3.95. The molecule has 4 heteroatoms. The highest BCUT2D eigenvalue weighted by Crippen LogP contribution is 2.25. The second-order valence-electron chi connectivity index (χ2n) is 6.53. The Labute approximate surface area is 157 Å². The van der Waals surface area contributed by atoms with E-state index in [0.717, 1.165) is 33.3 Å². The van der Waals surface area contributed by atoms with Crippen LogP contribution in [0.15, 0.2) is 79.1 Å². The average molecular weight is 354 g/mol. The molecule has 0 saturated heterocycles. The molecule has 27 heavy (non-hydrogen) atoms. The van der Waals surface area contributed by atoms with Gasteiger partial charge in [-0.15, -0.1) is 0 Å². The fraction of sp³-hybridized carbons (Fsp3) is 0.0870. The molecule has 132 valence electrons. The van der Waals surface area contributed by atoms with Crippen LogP contribution in [0.3, 0.4) is 0 Å². The number of hydrogen-bond donors (Lipinski definition) is 1. The summed E-state index contributed by atoms with van der Waals surface area (Å²) in [7, 11) is 0. The minimum absolute atomic E-state index is 0.102. The minimum Gasteiger partial charge on any atom is -0.348 e. The Bertz CT molecular complexity index is 1110. The van der Waals surface area contributed by atoms with Gasteiger partial charge < -0.3 is 5.32 Å². The molecule has 2 aromatic carbocycles. The summed E-state index contributed by atoms with van der Waals surface area (Å²) in [5.74, 6) is -0.102. The molecule has 0 aliphatic carbocycles. The van der Waals surface area contributed by atoms with Gasteiger partial charge in [-0.3, -0.25) is 4.79 Å². The summed E-state index contributed by atoms with van der Waals surface area (Å²) in [5.41, 5.74) is 5.47. The smallest absolute Gasteiger partial charge is 0.252 e. The van der Waals surface area contributed by atoms with Crippen molar-refractivity contribution in [2.45, 2.75) is 13.5 Å². The number of aryl methyl sites for hydroxylation is 1. The third kappa shape index (κ3) is 3.70. The maximum atomic E-state index is 12.9. The van der Waals surface area contributed by atoms with Crippen LogP contribution in [-0.2, 0) is 6.54 Å². The monoisotopic (exact) mass is 354 g/mol. The van der Waals surface area contributed by atoms with Gasteiger partial charge in [0.15, 0.2) is 12.4 Å². The van der Waals surface area contributed by atoms with E-state index in [1.807, 2.05) is 67.0 Å². The quantitative estimate of drug-likeness (QED) is 0.603. The molecule has 0 aliphatic rings. The van der Waals surface area contributed by atoms with Gasteiger partial charge in [-0.1, -0.05) is 42.0 Å². The second-order valence-corrected chi connectivity index (χ2v) is 6.53. The van der Waals surface area contributed by atoms with Crippen molar-refractivity contribution in [2.75, 3.05) is 0 Å². The lowest BCUT2D eigenvalue weighted by Crippen LogP contribution is -2.23. The fourth-order valence-corrected chi connectivity index (χ4v) is 3.13. The summed E-state index contributed by atoms with van der Waals surface area (Å²) >= 11 is 0. The van der Waals surface area contributed by atoms with Gasteiger partial charge in [0, 0.05) is 29.6 Å². The lowest BCUT2D eigenvalue weighted by Gasteiger charge is -2.11. The van der Waals surface area contributed by atoms with Crippen LogP contribution in [0.1, 0.15) is 21.5 Å². The number of carbonyl (C=O) groups is 1. The Hall–Kier alpha value is -3.53. The standard InChI is InChI=1S/C23H19N3O/c1-16-5-4-6-18(13-16)22-14-20(19-7-2-3-8-21(19)26-22)23(27)25-15-17-9-11-24-12-10-17/h2-14H,15H2,1H3,(H,25,27)/p+1. The van der Waals surface area contributed by atoms with Crippen LogP contribution in [0.5, 0.6) is 0 Å². The maximum Gasteiger partial charge on any atom is 0.252 e. The Balaban J connectivity index is 1.73. The van der Waals surface area contributed by atoms with Gasteiger partial charge in [0.25, 0.3) is 5.91 Å². The van der Waals surface area contributed by atoms with Crippen molar-refractivity contribution in [3.8, 4) is 11.3 Å². The first-order valence-electron chi connectivity index (χ1n) is 8.91. The van der Waals surface area contributed by atoms with Gasteiger partial charge in [0.05, 0.1) is 16.8 Å². The molecule has 1 amide bonds. The van der Waals surface area contributed by atoms with Crippen LogP contribution in [0, 0.1) is 6.92 Å². The highest BCUT2D eigenvalue weighted by atomic mass is 16.1. The summed E-state index contributed by atoms with van der Waals surface area (Å²) in [6.07, 6.45) is 3.69. The Morgan fingerprint density at radius 1 is 1.00 bits per heavy atom. The van der Waals surface area contributed by atoms with Crippen LogP contribution in [-0.4, -0.2) is 10.9 Å². The third-order valence-electron chi connectivity index (χ3n) is 4.51. The molecule has 0 atom stereocenters. The van der Waals surface area contributed by atoms with E-state index in [4.69, 9.17) is 4.98 Å². The molecule has 0 unspecified atom stereocenters. The second kappa shape index (κ2) is 7.38. The van der Waals surface area contributed by atoms with Gasteiger partial charge in [0.2, 0.25) is 0 Å². The first kappa shape index (κ1) is 16.9. The zero-order valence-electron chi connectivity index (χ0n) is 15.1. The molecule has 0 radical (unpaired) electrons. The van der Waals surface area contributed by atoms with Gasteiger partial charge in [0.1, 0.15) is 0 Å². The number of aromatic nitrogens is 2. The van der Waals surface area contributed by atoms with E-state index in [2.05, 4.69) is 29.4 Å². The van der Waals surface area contributed by atoms with Crippen LogP contribution in [0.4, 0.5) is 0 Å². The van der Waals surface area contributed by atoms with Crippen molar-refractivity contribution in [2.24, 2.45) is 0 Å². The van der Waals surface area contributed by atoms with E-state index in [9.17, 15) is 4.79 Å². The Morgan fingerprint density at radius 2 is 1.81 bits per heavy atom. The number of fused-ring (bicyclic) bond motifs is 1. The maximum absolute atomic E-state index is 12.9. The molecule has 0 fully saturated rings. The highest BCUT2D eigenvalue weighted by molar-refractivity contribution is 6.07. The summed E-state index contributed by atoms with van der Waals surface area (Å²) in [6, 6.07) is 21.7. The summed E-state index contributed by atoms with van der Waals surface area (Å²) < 4.78 is 0. The zero-order valence-corrected chi connectivity index (χ0v) is 15.1. The molecular weight excluding hydrogens is 334 g/mol. The summed E-state index contributed by atoms with van der Waals surface area (Å²) in [5, 5.41) is 3.87. The van der Waals surface area contributed by atoms with Crippen molar-refractivity contribution in [1.82, 2.24) is 10.3 Å². The number of nitrogens with zero attached hydrogens (tertiary/aromatic N) is 1. The molecule has 2 heterocycles. The molecule has 4 nitrogen and oxygen atoms in total. The van der Waals surface area contributed by atoms with E-state index in [0.29, 0.717) is 12.1 Å². The zero-order chi connectivity index (χ0) is 18.6. The van der Waals surface area contributed by atoms with Crippen LogP contribution >= 0.6 is 0 Å². The Kier molecular flexibility index (Phi) is 4.62. The average Bonchev–Trinajstić information content (AvgIpc) is 2.72. The molecule has 0 bridgehead atoms. The molecule has 4 aromatic rings. The molecule has 0 spiro atoms.